The summed E-state index contributed by atoms with van der Waals surface area (Å²) >= 11 is 2.18. The van der Waals surface area contributed by atoms with Gasteiger partial charge in [-0.25, -0.2) is 0 Å². The van der Waals surface area contributed by atoms with Crippen LogP contribution < -0.4 is 5.32 Å². The standard InChI is InChI=1S/C11H16INO2/c1-2-14-10-5-8(6-10)13-7-9-3-4-11(12)15-9/h3-4,8,10,13H,2,5-7H2,1H3. The molecule has 0 atom stereocenters. The van der Waals surface area contributed by atoms with Gasteiger partial charge in [0.25, 0.3) is 0 Å². The third-order valence-electron chi connectivity index (χ3n) is 2.69. The molecule has 1 fully saturated rings. The van der Waals surface area contributed by atoms with E-state index in [2.05, 4.69) is 27.9 Å². The van der Waals surface area contributed by atoms with Gasteiger partial charge in [-0.1, -0.05) is 0 Å². The van der Waals surface area contributed by atoms with Crippen molar-refractivity contribution in [3.8, 4) is 0 Å². The molecule has 0 bridgehead atoms. The highest BCUT2D eigenvalue weighted by molar-refractivity contribution is 14.1. The first-order valence-electron chi connectivity index (χ1n) is 5.37. The molecule has 1 aromatic rings. The van der Waals surface area contributed by atoms with Gasteiger partial charge in [0.1, 0.15) is 5.76 Å². The van der Waals surface area contributed by atoms with Gasteiger partial charge in [-0.3, -0.25) is 0 Å². The molecule has 2 rings (SSSR count). The molecule has 1 aliphatic carbocycles. The molecular formula is C11H16INO2. The molecule has 0 aliphatic heterocycles. The van der Waals surface area contributed by atoms with Crippen molar-refractivity contribution in [2.75, 3.05) is 6.61 Å². The van der Waals surface area contributed by atoms with Gasteiger partial charge in [-0.15, -0.1) is 0 Å². The molecule has 1 heterocycles. The lowest BCUT2D eigenvalue weighted by Gasteiger charge is -2.35. The van der Waals surface area contributed by atoms with E-state index in [0.717, 1.165) is 35.5 Å². The van der Waals surface area contributed by atoms with Gasteiger partial charge in [0, 0.05) is 12.6 Å². The van der Waals surface area contributed by atoms with E-state index in [1.165, 1.54) is 0 Å². The van der Waals surface area contributed by atoms with Crippen LogP contribution in [0.5, 0.6) is 0 Å². The van der Waals surface area contributed by atoms with E-state index in [0.29, 0.717) is 12.1 Å². The molecule has 84 valence electrons. The van der Waals surface area contributed by atoms with Crippen LogP contribution in [0.3, 0.4) is 0 Å². The number of nitrogens with one attached hydrogen (secondary N) is 1. The van der Waals surface area contributed by atoms with Gasteiger partial charge in [-0.2, -0.15) is 0 Å². The summed E-state index contributed by atoms with van der Waals surface area (Å²) in [5, 5.41) is 3.46. The molecule has 1 aliphatic rings. The van der Waals surface area contributed by atoms with Gasteiger partial charge >= 0.3 is 0 Å². The Morgan fingerprint density at radius 1 is 1.53 bits per heavy atom. The molecule has 15 heavy (non-hydrogen) atoms. The monoisotopic (exact) mass is 321 g/mol. The average Bonchev–Trinajstić information content (AvgIpc) is 2.55. The molecule has 0 aromatic carbocycles. The Hall–Kier alpha value is -0.0700. The van der Waals surface area contributed by atoms with Gasteiger partial charge in [-0.05, 0) is 54.5 Å². The molecule has 4 heteroatoms. The molecule has 1 N–H and O–H groups in total. The van der Waals surface area contributed by atoms with Crippen LogP contribution in [0.4, 0.5) is 0 Å². The lowest BCUT2D eigenvalue weighted by atomic mass is 9.89. The van der Waals surface area contributed by atoms with E-state index in [9.17, 15) is 0 Å². The fourth-order valence-electron chi connectivity index (χ4n) is 1.80. The molecule has 1 aromatic heterocycles. The summed E-state index contributed by atoms with van der Waals surface area (Å²) in [4.78, 5) is 0. The Labute approximate surface area is 104 Å². The quantitative estimate of drug-likeness (QED) is 0.847. The molecule has 1 saturated carbocycles. The van der Waals surface area contributed by atoms with Crippen LogP contribution in [0, 0.1) is 3.77 Å². The van der Waals surface area contributed by atoms with Crippen LogP contribution in [0.1, 0.15) is 25.5 Å². The third-order valence-corrected chi connectivity index (χ3v) is 3.27. The number of hydrogen-bond donors (Lipinski definition) is 1. The molecule has 0 unspecified atom stereocenters. The molecule has 0 saturated heterocycles. The zero-order chi connectivity index (χ0) is 10.7. The average molecular weight is 321 g/mol. The van der Waals surface area contributed by atoms with E-state index in [1.807, 2.05) is 19.1 Å². The smallest absolute Gasteiger partial charge is 0.164 e. The number of furan rings is 1. The van der Waals surface area contributed by atoms with Gasteiger partial charge in [0.2, 0.25) is 0 Å². The number of hydrogen-bond acceptors (Lipinski definition) is 3. The van der Waals surface area contributed by atoms with E-state index in [4.69, 9.17) is 9.15 Å². The summed E-state index contributed by atoms with van der Waals surface area (Å²) in [6.45, 7) is 3.70. The van der Waals surface area contributed by atoms with Crippen LogP contribution in [-0.4, -0.2) is 18.8 Å². The third kappa shape index (κ3) is 3.19. The minimum Gasteiger partial charge on any atom is -0.454 e. The SMILES string of the molecule is CCOC1CC(NCc2ccc(I)o2)C1. The van der Waals surface area contributed by atoms with Crippen molar-refractivity contribution in [1.82, 2.24) is 5.32 Å². The lowest BCUT2D eigenvalue weighted by Crippen LogP contribution is -2.45. The van der Waals surface area contributed by atoms with E-state index >= 15 is 0 Å². The van der Waals surface area contributed by atoms with Gasteiger partial charge < -0.3 is 14.5 Å². The summed E-state index contributed by atoms with van der Waals surface area (Å²) in [7, 11) is 0. The predicted octanol–water partition coefficient (Wildman–Crippen LogP) is 2.54. The van der Waals surface area contributed by atoms with E-state index in [1.54, 1.807) is 0 Å². The fourth-order valence-corrected chi connectivity index (χ4v) is 2.26. The predicted molar refractivity (Wildman–Crippen MR) is 66.7 cm³/mol. The Morgan fingerprint density at radius 3 is 2.93 bits per heavy atom. The Kier molecular flexibility index (Phi) is 4.05. The van der Waals surface area contributed by atoms with Crippen molar-refractivity contribution in [3.63, 3.8) is 0 Å². The van der Waals surface area contributed by atoms with Crippen molar-refractivity contribution >= 4 is 22.6 Å². The first kappa shape index (κ1) is 11.4. The number of ether oxygens (including phenoxy) is 1. The van der Waals surface area contributed by atoms with E-state index in [-0.39, 0.29) is 0 Å². The minimum absolute atomic E-state index is 0.476. The summed E-state index contributed by atoms with van der Waals surface area (Å²) in [6, 6.07) is 4.61. The second-order valence-electron chi connectivity index (χ2n) is 3.83. The zero-order valence-corrected chi connectivity index (χ0v) is 11.0. The Balaban J connectivity index is 1.64. The molecular weight excluding hydrogens is 305 g/mol. The van der Waals surface area contributed by atoms with Crippen LogP contribution >= 0.6 is 22.6 Å². The van der Waals surface area contributed by atoms with E-state index < -0.39 is 0 Å². The lowest BCUT2D eigenvalue weighted by molar-refractivity contribution is -0.0105. The fraction of sp³-hybridized carbons (Fsp3) is 0.636. The first-order chi connectivity index (χ1) is 7.28. The van der Waals surface area contributed by atoms with Gasteiger partial charge in [0.15, 0.2) is 3.77 Å². The maximum atomic E-state index is 5.50. The second-order valence-corrected chi connectivity index (χ2v) is 4.90. The topological polar surface area (TPSA) is 34.4 Å². The summed E-state index contributed by atoms with van der Waals surface area (Å²) in [5.41, 5.74) is 0. The Morgan fingerprint density at radius 2 is 2.33 bits per heavy atom. The molecule has 0 radical (unpaired) electrons. The maximum absolute atomic E-state index is 5.50. The summed E-state index contributed by atoms with van der Waals surface area (Å²) < 4.78 is 11.9. The Bertz CT molecular complexity index is 307. The largest absolute Gasteiger partial charge is 0.454 e. The van der Waals surface area contributed by atoms with Crippen molar-refractivity contribution in [2.24, 2.45) is 0 Å². The highest BCUT2D eigenvalue weighted by atomic mass is 127. The molecule has 3 nitrogen and oxygen atoms in total. The molecule has 0 amide bonds. The summed E-state index contributed by atoms with van der Waals surface area (Å²) in [6.07, 6.45) is 2.74. The maximum Gasteiger partial charge on any atom is 0.164 e. The highest BCUT2D eigenvalue weighted by Gasteiger charge is 2.28. The first-order valence-corrected chi connectivity index (χ1v) is 6.45. The van der Waals surface area contributed by atoms with Gasteiger partial charge in [0.05, 0.1) is 12.6 Å². The molecule has 0 spiro atoms. The van der Waals surface area contributed by atoms with Crippen molar-refractivity contribution in [2.45, 2.75) is 38.5 Å². The minimum atomic E-state index is 0.476. The van der Waals surface area contributed by atoms with Crippen molar-refractivity contribution in [1.29, 1.82) is 0 Å². The second kappa shape index (κ2) is 5.32. The van der Waals surface area contributed by atoms with Crippen molar-refractivity contribution < 1.29 is 9.15 Å². The van der Waals surface area contributed by atoms with Crippen LogP contribution in [0.25, 0.3) is 0 Å². The summed E-state index contributed by atoms with van der Waals surface area (Å²) in [5.74, 6) is 1.01. The van der Waals surface area contributed by atoms with Crippen LogP contribution in [0.15, 0.2) is 16.5 Å². The highest BCUT2D eigenvalue weighted by Crippen LogP contribution is 2.23. The number of halogens is 1. The van der Waals surface area contributed by atoms with Crippen LogP contribution in [-0.2, 0) is 11.3 Å². The van der Waals surface area contributed by atoms with Crippen molar-refractivity contribution in [3.05, 3.63) is 21.7 Å². The zero-order valence-electron chi connectivity index (χ0n) is 8.83. The van der Waals surface area contributed by atoms with Crippen LogP contribution in [0.2, 0.25) is 0 Å². The normalized spacial score (nSPS) is 25.2. The number of rotatable bonds is 5.